The van der Waals surface area contributed by atoms with Crippen molar-refractivity contribution in [3.8, 4) is 0 Å². The van der Waals surface area contributed by atoms with Crippen molar-refractivity contribution in [2.45, 2.75) is 26.2 Å². The molecule has 3 heteroatoms. The average molecular weight is 161 g/mol. The van der Waals surface area contributed by atoms with Crippen molar-refractivity contribution in [1.29, 1.82) is 0 Å². The molecular weight excluding hydrogens is 142 g/mol. The zero-order chi connectivity index (χ0) is 7.28. The Morgan fingerprint density at radius 3 is 1.44 bits per heavy atom. The zero-order valence-corrected chi connectivity index (χ0v) is 9.38. The molecule has 0 aromatic carbocycles. The maximum absolute atomic E-state index is 3.51. The summed E-state index contributed by atoms with van der Waals surface area (Å²) in [5, 5.41) is 3.51. The highest BCUT2D eigenvalue weighted by molar-refractivity contribution is 6.57. The van der Waals surface area contributed by atoms with Crippen molar-refractivity contribution in [3.63, 3.8) is 0 Å². The van der Waals surface area contributed by atoms with E-state index in [1.807, 2.05) is 0 Å². The molecule has 0 aliphatic carbocycles. The molecule has 0 radical (unpaired) electrons. The molecule has 0 aromatic heterocycles. The maximum atomic E-state index is 3.51. The minimum absolute atomic E-state index is 0.318. The predicted molar refractivity (Wildman–Crippen MR) is 50.6 cm³/mol. The fourth-order valence-corrected chi connectivity index (χ4v) is 2.48. The first-order chi connectivity index (χ1) is 4.13. The smallest absolute Gasteiger partial charge is 0.0466 e. The molecule has 0 aliphatic rings. The van der Waals surface area contributed by atoms with Gasteiger partial charge in [0.15, 0.2) is 0 Å². The highest BCUT2D eigenvalue weighted by atomic mass is 28.3. The van der Waals surface area contributed by atoms with Gasteiger partial charge in [0.2, 0.25) is 0 Å². The lowest BCUT2D eigenvalue weighted by atomic mass is 11.2. The van der Waals surface area contributed by atoms with Gasteiger partial charge in [-0.2, -0.15) is 0 Å². The first kappa shape index (κ1) is 9.39. The molecule has 1 nitrogen and oxygen atoms in total. The predicted octanol–water partition coefficient (Wildman–Crippen LogP) is 0.628. The van der Waals surface area contributed by atoms with Gasteiger partial charge in [0.25, 0.3) is 0 Å². The molecule has 0 spiro atoms. The summed E-state index contributed by atoms with van der Waals surface area (Å²) in [5.74, 6) is 0. The Labute approximate surface area is 62.1 Å². The van der Waals surface area contributed by atoms with Gasteiger partial charge in [0.05, 0.1) is 0 Å². The molecule has 0 rings (SSSR count). The summed E-state index contributed by atoms with van der Waals surface area (Å²) < 4.78 is 0. The fraction of sp³-hybridized carbons (Fsp3) is 1.00. The Hall–Kier alpha value is 0.394. The molecule has 0 aliphatic heterocycles. The summed E-state index contributed by atoms with van der Waals surface area (Å²) in [6.07, 6.45) is 2.65. The van der Waals surface area contributed by atoms with E-state index in [9.17, 15) is 0 Å². The fourth-order valence-electron chi connectivity index (χ4n) is 0.661. The molecular formula is C6H19NSi2. The van der Waals surface area contributed by atoms with Crippen LogP contribution in [-0.2, 0) is 0 Å². The van der Waals surface area contributed by atoms with Gasteiger partial charge < -0.3 is 5.32 Å². The van der Waals surface area contributed by atoms with Crippen LogP contribution >= 0.6 is 0 Å². The third-order valence-corrected chi connectivity index (χ3v) is 3.32. The maximum Gasteiger partial charge on any atom is 0.0466 e. The Bertz CT molecular complexity index is 56.1. The normalized spacial score (nSPS) is 11.3. The summed E-state index contributed by atoms with van der Waals surface area (Å²) >= 11 is 0. The molecule has 9 heavy (non-hydrogen) atoms. The second-order valence-corrected chi connectivity index (χ2v) is 9.84. The van der Waals surface area contributed by atoms with Crippen molar-refractivity contribution < 1.29 is 0 Å². The first-order valence-corrected chi connectivity index (χ1v) is 10.1. The molecule has 0 aromatic rings. The molecule has 56 valence electrons. The van der Waals surface area contributed by atoms with Crippen LogP contribution in [0.5, 0.6) is 0 Å². The van der Waals surface area contributed by atoms with Crippen LogP contribution in [0.15, 0.2) is 0 Å². The van der Waals surface area contributed by atoms with E-state index < -0.39 is 0 Å². The lowest BCUT2D eigenvalue weighted by molar-refractivity contribution is 0.907. The summed E-state index contributed by atoms with van der Waals surface area (Å²) in [6, 6.07) is 0. The molecule has 0 fully saturated rings. The van der Waals surface area contributed by atoms with Crippen LogP contribution in [0.4, 0.5) is 0 Å². The van der Waals surface area contributed by atoms with E-state index in [2.05, 4.69) is 31.5 Å². The Morgan fingerprint density at radius 2 is 1.22 bits per heavy atom. The molecule has 0 amide bonds. The van der Waals surface area contributed by atoms with Crippen molar-refractivity contribution >= 4 is 17.6 Å². The van der Waals surface area contributed by atoms with Gasteiger partial charge in [-0.15, -0.1) is 0 Å². The lowest BCUT2D eigenvalue weighted by Gasteiger charge is -2.06. The minimum Gasteiger partial charge on any atom is -0.323 e. The molecule has 1 N–H and O–H groups in total. The van der Waals surface area contributed by atoms with Gasteiger partial charge in [-0.25, -0.2) is 0 Å². The Morgan fingerprint density at radius 1 is 0.889 bits per heavy atom. The Kier molecular flexibility index (Phi) is 5.43. The largest absolute Gasteiger partial charge is 0.323 e. The topological polar surface area (TPSA) is 12.0 Å². The van der Waals surface area contributed by atoms with Gasteiger partial charge in [-0.05, 0) is 12.3 Å². The van der Waals surface area contributed by atoms with Crippen LogP contribution in [0.3, 0.4) is 0 Å². The molecule has 0 saturated carbocycles. The van der Waals surface area contributed by atoms with Crippen LogP contribution in [0, 0.1) is 0 Å². The third-order valence-electron chi connectivity index (χ3n) is 1.11. The van der Waals surface area contributed by atoms with Gasteiger partial charge in [-0.1, -0.05) is 26.2 Å². The highest BCUT2D eigenvalue weighted by Gasteiger charge is 1.96. The van der Waals surface area contributed by atoms with Crippen LogP contribution in [0.25, 0.3) is 0 Å². The second-order valence-electron chi connectivity index (χ2n) is 3.45. The Balaban J connectivity index is 2.91. The molecule has 0 bridgehead atoms. The summed E-state index contributed by atoms with van der Waals surface area (Å²) in [5.41, 5.74) is 0. The van der Waals surface area contributed by atoms with Crippen molar-refractivity contribution in [3.05, 3.63) is 0 Å². The van der Waals surface area contributed by atoms with E-state index in [-0.39, 0.29) is 17.6 Å². The molecule has 0 saturated heterocycles. The quantitative estimate of drug-likeness (QED) is 0.596. The van der Waals surface area contributed by atoms with E-state index in [1.54, 1.807) is 0 Å². The number of nitrogens with one attached hydrogen (secondary N) is 1. The molecule has 0 heterocycles. The van der Waals surface area contributed by atoms with E-state index in [0.717, 1.165) is 0 Å². The highest BCUT2D eigenvalue weighted by Crippen LogP contribution is 1.77. The minimum atomic E-state index is -0.318. The van der Waals surface area contributed by atoms with E-state index in [4.69, 9.17) is 0 Å². The van der Waals surface area contributed by atoms with Gasteiger partial charge >= 0.3 is 0 Å². The van der Waals surface area contributed by atoms with Crippen LogP contribution in [0.1, 0.15) is 0 Å². The number of rotatable bonds is 4. The summed E-state index contributed by atoms with van der Waals surface area (Å²) in [4.78, 5) is 0. The van der Waals surface area contributed by atoms with Crippen LogP contribution < -0.4 is 5.32 Å². The SMILES string of the molecule is C[SiH](C)CNC[SiH](C)C. The lowest BCUT2D eigenvalue weighted by Crippen LogP contribution is -2.32. The summed E-state index contributed by atoms with van der Waals surface area (Å²) in [7, 11) is -0.637. The van der Waals surface area contributed by atoms with Crippen LogP contribution in [-0.4, -0.2) is 29.9 Å². The summed E-state index contributed by atoms with van der Waals surface area (Å²) in [6.45, 7) is 9.54. The standard InChI is InChI=1S/C6H19NSi2/c1-8(2)5-7-6-9(3)4/h7-9H,5-6H2,1-4H3. The molecule has 0 atom stereocenters. The first-order valence-electron chi connectivity index (χ1n) is 3.83. The third kappa shape index (κ3) is 8.39. The second kappa shape index (κ2) is 5.20. The average Bonchev–Trinajstić information content (AvgIpc) is 1.63. The number of hydrogen-bond donors (Lipinski definition) is 1. The zero-order valence-electron chi connectivity index (χ0n) is 7.07. The van der Waals surface area contributed by atoms with E-state index in [0.29, 0.717) is 0 Å². The van der Waals surface area contributed by atoms with E-state index in [1.165, 1.54) is 12.3 Å². The van der Waals surface area contributed by atoms with Crippen molar-refractivity contribution in [2.75, 3.05) is 12.3 Å². The van der Waals surface area contributed by atoms with E-state index >= 15 is 0 Å². The van der Waals surface area contributed by atoms with Crippen LogP contribution in [0.2, 0.25) is 26.2 Å². The monoisotopic (exact) mass is 161 g/mol. The van der Waals surface area contributed by atoms with Crippen molar-refractivity contribution in [2.24, 2.45) is 0 Å². The molecule has 0 unspecified atom stereocenters. The number of hydrogen-bond acceptors (Lipinski definition) is 1. The van der Waals surface area contributed by atoms with Gasteiger partial charge in [-0.3, -0.25) is 0 Å². The van der Waals surface area contributed by atoms with Gasteiger partial charge in [0, 0.05) is 17.6 Å². The van der Waals surface area contributed by atoms with Crippen molar-refractivity contribution in [1.82, 2.24) is 5.32 Å². The van der Waals surface area contributed by atoms with Gasteiger partial charge in [0.1, 0.15) is 0 Å².